The molecule has 1 saturated heterocycles. The van der Waals surface area contributed by atoms with Crippen LogP contribution in [0.3, 0.4) is 0 Å². The van der Waals surface area contributed by atoms with Gasteiger partial charge in [0.2, 0.25) is 15.9 Å². The SMILES string of the molecule is CC1Cc2cc(S(=O)(=O)N3CCCC(C(=O)NCCN)C3)ccc2O1. The number of carbonyl (C=O) groups is 1. The predicted octanol–water partition coefficient (Wildman–Crippen LogP) is 0.486. The van der Waals surface area contributed by atoms with Crippen molar-refractivity contribution in [3.05, 3.63) is 23.8 Å². The van der Waals surface area contributed by atoms with Gasteiger partial charge in [0.05, 0.1) is 10.8 Å². The van der Waals surface area contributed by atoms with Crippen molar-refractivity contribution < 1.29 is 17.9 Å². The maximum atomic E-state index is 13.0. The van der Waals surface area contributed by atoms with E-state index >= 15 is 0 Å². The Morgan fingerprint density at radius 3 is 3.00 bits per heavy atom. The van der Waals surface area contributed by atoms with Gasteiger partial charge in [0.15, 0.2) is 0 Å². The van der Waals surface area contributed by atoms with E-state index in [1.165, 1.54) is 4.31 Å². The third kappa shape index (κ3) is 3.80. The van der Waals surface area contributed by atoms with Gasteiger partial charge in [0.25, 0.3) is 0 Å². The number of hydrogen-bond acceptors (Lipinski definition) is 5. The van der Waals surface area contributed by atoms with Gasteiger partial charge in [-0.05, 0) is 43.5 Å². The van der Waals surface area contributed by atoms with E-state index in [2.05, 4.69) is 5.32 Å². The molecule has 2 unspecified atom stereocenters. The topological polar surface area (TPSA) is 102 Å². The average Bonchev–Trinajstić information content (AvgIpc) is 2.98. The Kier molecular flexibility index (Phi) is 5.31. The molecule has 0 aromatic heterocycles. The van der Waals surface area contributed by atoms with Gasteiger partial charge in [0, 0.05) is 32.6 Å². The fraction of sp³-hybridized carbons (Fsp3) is 0.588. The number of amides is 1. The standard InChI is InChI=1S/C17H25N3O4S/c1-12-9-14-10-15(4-5-16(14)24-12)25(22,23)20-8-2-3-13(11-20)17(21)19-7-6-18/h4-5,10,12-13H,2-3,6-9,11,18H2,1H3,(H,19,21). The van der Waals surface area contributed by atoms with Crippen LogP contribution in [0.2, 0.25) is 0 Å². The Hall–Kier alpha value is -1.64. The number of ether oxygens (including phenoxy) is 1. The molecule has 3 N–H and O–H groups in total. The summed E-state index contributed by atoms with van der Waals surface area (Å²) in [4.78, 5) is 12.4. The van der Waals surface area contributed by atoms with Gasteiger partial charge >= 0.3 is 0 Å². The first-order valence-electron chi connectivity index (χ1n) is 8.69. The molecule has 8 heteroatoms. The first-order chi connectivity index (χ1) is 11.9. The van der Waals surface area contributed by atoms with Crippen LogP contribution in [0, 0.1) is 5.92 Å². The second kappa shape index (κ2) is 7.31. The molecule has 2 heterocycles. The second-order valence-corrected chi connectivity index (χ2v) is 8.62. The van der Waals surface area contributed by atoms with Crippen LogP contribution in [0.25, 0.3) is 0 Å². The average molecular weight is 367 g/mol. The molecular weight excluding hydrogens is 342 g/mol. The number of nitrogens with one attached hydrogen (secondary N) is 1. The van der Waals surface area contributed by atoms with Gasteiger partial charge in [-0.25, -0.2) is 8.42 Å². The molecule has 2 aliphatic heterocycles. The molecule has 3 rings (SSSR count). The highest BCUT2D eigenvalue weighted by atomic mass is 32.2. The molecular formula is C17H25N3O4S. The van der Waals surface area contributed by atoms with Crippen LogP contribution in [0.1, 0.15) is 25.3 Å². The van der Waals surface area contributed by atoms with Crippen LogP contribution < -0.4 is 15.8 Å². The van der Waals surface area contributed by atoms with E-state index in [0.29, 0.717) is 38.9 Å². The van der Waals surface area contributed by atoms with Crippen molar-refractivity contribution >= 4 is 15.9 Å². The highest BCUT2D eigenvalue weighted by Gasteiger charge is 2.34. The summed E-state index contributed by atoms with van der Waals surface area (Å²) in [6, 6.07) is 5.01. The Morgan fingerprint density at radius 1 is 1.44 bits per heavy atom. The quantitative estimate of drug-likeness (QED) is 0.788. The predicted molar refractivity (Wildman–Crippen MR) is 93.8 cm³/mol. The zero-order valence-electron chi connectivity index (χ0n) is 14.4. The molecule has 1 fully saturated rings. The molecule has 7 nitrogen and oxygen atoms in total. The molecule has 2 aliphatic rings. The Balaban J connectivity index is 1.76. The van der Waals surface area contributed by atoms with Gasteiger partial charge in [-0.15, -0.1) is 0 Å². The van der Waals surface area contributed by atoms with Crippen molar-refractivity contribution in [2.45, 2.75) is 37.2 Å². The smallest absolute Gasteiger partial charge is 0.243 e. The van der Waals surface area contributed by atoms with Crippen molar-refractivity contribution in [2.75, 3.05) is 26.2 Å². The lowest BCUT2D eigenvalue weighted by Gasteiger charge is -2.31. The number of benzene rings is 1. The van der Waals surface area contributed by atoms with E-state index in [1.807, 2.05) is 6.92 Å². The highest BCUT2D eigenvalue weighted by Crippen LogP contribution is 2.32. The molecule has 138 valence electrons. The van der Waals surface area contributed by atoms with E-state index in [9.17, 15) is 13.2 Å². The summed E-state index contributed by atoms with van der Waals surface area (Å²) in [5, 5.41) is 2.75. The summed E-state index contributed by atoms with van der Waals surface area (Å²) in [5.74, 6) is 0.304. The zero-order valence-corrected chi connectivity index (χ0v) is 15.2. The van der Waals surface area contributed by atoms with Crippen molar-refractivity contribution in [3.63, 3.8) is 0 Å². The number of nitrogens with zero attached hydrogens (tertiary/aromatic N) is 1. The number of hydrogen-bond donors (Lipinski definition) is 2. The molecule has 2 atom stereocenters. The van der Waals surface area contributed by atoms with E-state index in [4.69, 9.17) is 10.5 Å². The normalized spacial score (nSPS) is 23.8. The maximum Gasteiger partial charge on any atom is 0.243 e. The molecule has 1 aromatic carbocycles. The lowest BCUT2D eigenvalue weighted by atomic mass is 9.99. The minimum atomic E-state index is -3.61. The third-order valence-corrected chi connectivity index (χ3v) is 6.56. The molecule has 1 aromatic rings. The van der Waals surface area contributed by atoms with Crippen LogP contribution in [-0.4, -0.2) is 50.9 Å². The summed E-state index contributed by atoms with van der Waals surface area (Å²) < 4.78 is 33.0. The molecule has 0 bridgehead atoms. The number of nitrogens with two attached hydrogens (primary N) is 1. The summed E-state index contributed by atoms with van der Waals surface area (Å²) in [5.41, 5.74) is 6.32. The lowest BCUT2D eigenvalue weighted by molar-refractivity contribution is -0.126. The molecule has 0 radical (unpaired) electrons. The van der Waals surface area contributed by atoms with Crippen LogP contribution in [0.5, 0.6) is 5.75 Å². The van der Waals surface area contributed by atoms with Crippen LogP contribution >= 0.6 is 0 Å². The molecule has 0 aliphatic carbocycles. The van der Waals surface area contributed by atoms with Gasteiger partial charge in [0.1, 0.15) is 11.9 Å². The molecule has 0 saturated carbocycles. The summed E-state index contributed by atoms with van der Waals surface area (Å²) in [6.45, 7) is 3.39. The number of piperidine rings is 1. The van der Waals surface area contributed by atoms with Gasteiger partial charge < -0.3 is 15.8 Å². The summed E-state index contributed by atoms with van der Waals surface area (Å²) in [6.07, 6.45) is 2.14. The lowest BCUT2D eigenvalue weighted by Crippen LogP contribution is -2.46. The number of rotatable bonds is 5. The van der Waals surface area contributed by atoms with Gasteiger partial charge in [-0.1, -0.05) is 0 Å². The molecule has 0 spiro atoms. The fourth-order valence-corrected chi connectivity index (χ4v) is 5.00. The van der Waals surface area contributed by atoms with Crippen LogP contribution in [-0.2, 0) is 21.2 Å². The molecule has 1 amide bonds. The minimum absolute atomic E-state index is 0.0681. The summed E-state index contributed by atoms with van der Waals surface area (Å²) in [7, 11) is -3.61. The van der Waals surface area contributed by atoms with Crippen molar-refractivity contribution in [1.82, 2.24) is 9.62 Å². The first kappa shape index (κ1) is 18.2. The first-order valence-corrected chi connectivity index (χ1v) is 10.1. The number of carbonyl (C=O) groups excluding carboxylic acids is 1. The zero-order chi connectivity index (χ0) is 18.0. The van der Waals surface area contributed by atoms with E-state index in [0.717, 1.165) is 11.3 Å². The van der Waals surface area contributed by atoms with E-state index in [-0.39, 0.29) is 29.4 Å². The summed E-state index contributed by atoms with van der Waals surface area (Å²) >= 11 is 0. The van der Waals surface area contributed by atoms with Crippen molar-refractivity contribution in [3.8, 4) is 5.75 Å². The minimum Gasteiger partial charge on any atom is -0.490 e. The monoisotopic (exact) mass is 367 g/mol. The Labute approximate surface area is 148 Å². The van der Waals surface area contributed by atoms with Crippen molar-refractivity contribution in [2.24, 2.45) is 11.7 Å². The fourth-order valence-electron chi connectivity index (χ4n) is 3.42. The third-order valence-electron chi connectivity index (χ3n) is 4.70. The van der Waals surface area contributed by atoms with E-state index in [1.54, 1.807) is 18.2 Å². The van der Waals surface area contributed by atoms with Crippen LogP contribution in [0.15, 0.2) is 23.1 Å². The molecule has 25 heavy (non-hydrogen) atoms. The van der Waals surface area contributed by atoms with E-state index < -0.39 is 10.0 Å². The van der Waals surface area contributed by atoms with Gasteiger partial charge in [-0.3, -0.25) is 4.79 Å². The Morgan fingerprint density at radius 2 is 2.24 bits per heavy atom. The number of fused-ring (bicyclic) bond motifs is 1. The number of sulfonamides is 1. The Bertz CT molecular complexity index is 750. The van der Waals surface area contributed by atoms with Crippen molar-refractivity contribution in [1.29, 1.82) is 0 Å². The second-order valence-electron chi connectivity index (χ2n) is 6.68. The van der Waals surface area contributed by atoms with Crippen LogP contribution in [0.4, 0.5) is 0 Å². The largest absolute Gasteiger partial charge is 0.490 e. The van der Waals surface area contributed by atoms with Gasteiger partial charge in [-0.2, -0.15) is 4.31 Å². The maximum absolute atomic E-state index is 13.0. The highest BCUT2D eigenvalue weighted by molar-refractivity contribution is 7.89.